The Morgan fingerprint density at radius 3 is 2.30 bits per heavy atom. The molecule has 3 aliphatic carbocycles. The highest BCUT2D eigenvalue weighted by atomic mass is 19.3. The Hall–Kier alpha value is -3.85. The fraction of sp³-hybridized carbons (Fsp3) is 0.483. The molecule has 1 aromatic rings. The number of primary amides is 1. The predicted octanol–water partition coefficient (Wildman–Crippen LogP) is 1.02. The van der Waals surface area contributed by atoms with E-state index in [1.165, 1.54) is 24.0 Å². The third-order valence-corrected chi connectivity index (χ3v) is 9.28. The van der Waals surface area contributed by atoms with Crippen molar-refractivity contribution in [3.63, 3.8) is 0 Å². The SMILES string of the molecule is CN(N)c1cc(CN2CCC(=C(F)F)CC2)c(O)c2c1C[C@H]1C[C@H]3[C@H](N(C)C)C(=O)C(C(N)=O)=C(O)[C@@]3(O)C(=O)C1=C2O. The molecule has 4 aliphatic rings. The van der Waals surface area contributed by atoms with E-state index in [9.17, 15) is 43.6 Å². The molecule has 8 N–H and O–H groups in total. The number of aliphatic hydroxyl groups excluding tert-OH is 2. The number of nitrogens with two attached hydrogens (primary N) is 2. The van der Waals surface area contributed by atoms with Crippen molar-refractivity contribution in [2.45, 2.75) is 43.9 Å². The lowest BCUT2D eigenvalue weighted by molar-refractivity contribution is -0.153. The minimum absolute atomic E-state index is 0.0449. The van der Waals surface area contributed by atoms with Crippen LogP contribution in [0.3, 0.4) is 0 Å². The van der Waals surface area contributed by atoms with Gasteiger partial charge in [0.2, 0.25) is 5.78 Å². The summed E-state index contributed by atoms with van der Waals surface area (Å²) in [5.74, 6) is -1.14. The molecule has 1 aliphatic heterocycles. The Morgan fingerprint density at radius 2 is 1.77 bits per heavy atom. The van der Waals surface area contributed by atoms with Crippen molar-refractivity contribution in [3.05, 3.63) is 51.3 Å². The van der Waals surface area contributed by atoms with Gasteiger partial charge >= 0.3 is 0 Å². The number of fused-ring (bicyclic) bond motifs is 3. The van der Waals surface area contributed by atoms with Gasteiger partial charge in [0, 0.05) is 43.7 Å². The Bertz CT molecular complexity index is 1520. The summed E-state index contributed by atoms with van der Waals surface area (Å²) in [5, 5.41) is 47.1. The number of benzene rings is 1. The van der Waals surface area contributed by atoms with Gasteiger partial charge in [-0.1, -0.05) is 0 Å². The minimum atomic E-state index is -2.74. The van der Waals surface area contributed by atoms with Crippen LogP contribution < -0.4 is 16.6 Å². The Balaban J connectivity index is 1.63. The second-order valence-electron chi connectivity index (χ2n) is 12.0. The van der Waals surface area contributed by atoms with E-state index in [2.05, 4.69) is 0 Å². The van der Waals surface area contributed by atoms with Crippen molar-refractivity contribution in [2.75, 3.05) is 39.2 Å². The Kier molecular flexibility index (Phi) is 7.61. The molecule has 12 nitrogen and oxygen atoms in total. The average molecular weight is 604 g/mol. The first kappa shape index (κ1) is 30.6. The minimum Gasteiger partial charge on any atom is -0.508 e. The second kappa shape index (κ2) is 10.7. The summed E-state index contributed by atoms with van der Waals surface area (Å²) < 4.78 is 26.1. The topological polar surface area (TPSA) is 194 Å². The van der Waals surface area contributed by atoms with E-state index >= 15 is 0 Å². The number of rotatable bonds is 5. The molecule has 232 valence electrons. The van der Waals surface area contributed by atoms with Crippen LogP contribution in [0, 0.1) is 11.8 Å². The quantitative estimate of drug-likeness (QED) is 0.160. The molecule has 4 atom stereocenters. The molecule has 1 saturated carbocycles. The molecule has 0 radical (unpaired) electrons. The molecule has 2 fully saturated rings. The predicted molar refractivity (Wildman–Crippen MR) is 151 cm³/mol. The maximum atomic E-state index is 14.1. The Labute approximate surface area is 246 Å². The van der Waals surface area contributed by atoms with Gasteiger partial charge in [-0.05, 0) is 62.9 Å². The van der Waals surface area contributed by atoms with Crippen molar-refractivity contribution in [1.82, 2.24) is 9.80 Å². The van der Waals surface area contributed by atoms with Gasteiger partial charge in [-0.25, -0.2) is 5.84 Å². The number of Topliss-reactive ketones (excluding diaryl/α,β-unsaturated/α-hetero) is 2. The van der Waals surface area contributed by atoms with Crippen molar-refractivity contribution in [2.24, 2.45) is 23.4 Å². The van der Waals surface area contributed by atoms with Crippen molar-refractivity contribution >= 4 is 28.9 Å². The van der Waals surface area contributed by atoms with Crippen LogP contribution in [0.5, 0.6) is 5.75 Å². The zero-order chi connectivity index (χ0) is 31.7. The van der Waals surface area contributed by atoms with Crippen LogP contribution in [-0.4, -0.2) is 93.6 Å². The van der Waals surface area contributed by atoms with E-state index in [-0.39, 0.29) is 54.7 Å². The number of nitrogens with zero attached hydrogens (tertiary/aromatic N) is 3. The molecule has 0 spiro atoms. The zero-order valence-corrected chi connectivity index (χ0v) is 24.0. The molecule has 0 unspecified atom stereocenters. The number of hydrogen-bond donors (Lipinski definition) is 6. The molecule has 1 amide bonds. The fourth-order valence-electron chi connectivity index (χ4n) is 7.19. The first-order valence-corrected chi connectivity index (χ1v) is 13.9. The summed E-state index contributed by atoms with van der Waals surface area (Å²) in [7, 11) is 4.62. The van der Waals surface area contributed by atoms with Crippen LogP contribution in [0.4, 0.5) is 14.5 Å². The van der Waals surface area contributed by atoms with Crippen LogP contribution in [0.2, 0.25) is 0 Å². The van der Waals surface area contributed by atoms with Gasteiger partial charge in [0.1, 0.15) is 22.8 Å². The number of hydrazine groups is 1. The molecule has 5 rings (SSSR count). The number of anilines is 1. The van der Waals surface area contributed by atoms with E-state index in [0.29, 0.717) is 29.9 Å². The number of halogens is 2. The van der Waals surface area contributed by atoms with Gasteiger partial charge in [0.25, 0.3) is 12.0 Å². The molecular formula is C29H35F2N5O7. The summed E-state index contributed by atoms with van der Waals surface area (Å²) >= 11 is 0. The van der Waals surface area contributed by atoms with Crippen LogP contribution >= 0.6 is 0 Å². The first-order valence-electron chi connectivity index (χ1n) is 13.9. The number of phenolic OH excluding ortho intramolecular Hbond substituents is 1. The maximum absolute atomic E-state index is 14.1. The van der Waals surface area contributed by atoms with Crippen LogP contribution in [0.25, 0.3) is 5.76 Å². The molecule has 43 heavy (non-hydrogen) atoms. The largest absolute Gasteiger partial charge is 0.508 e. The van der Waals surface area contributed by atoms with Gasteiger partial charge in [0.15, 0.2) is 11.4 Å². The highest BCUT2D eigenvalue weighted by Crippen LogP contribution is 2.54. The fourth-order valence-corrected chi connectivity index (χ4v) is 7.19. The number of likely N-dealkylation sites (tertiary alicyclic amines) is 1. The third kappa shape index (κ3) is 4.60. The zero-order valence-electron chi connectivity index (χ0n) is 24.0. The molecule has 0 aromatic heterocycles. The summed E-state index contributed by atoms with van der Waals surface area (Å²) in [5.41, 5.74) is 2.69. The van der Waals surface area contributed by atoms with Crippen molar-refractivity contribution in [1.29, 1.82) is 0 Å². The van der Waals surface area contributed by atoms with Crippen molar-refractivity contribution < 1.29 is 43.6 Å². The molecule has 1 heterocycles. The van der Waals surface area contributed by atoms with Gasteiger partial charge in [-0.3, -0.25) is 24.2 Å². The average Bonchev–Trinajstić information content (AvgIpc) is 2.92. The molecule has 0 bridgehead atoms. The standard InChI is InChI=1S/C29H35F2N5O7/c1-34(2)21-16-9-13-8-15-17(35(3)33)10-14(11-36-6-4-12(5-7-36)27(30)31)22(37)19(15)23(38)18(13)25(40)29(16,43)26(41)20(24(21)39)28(32)42/h10,13,16,21,37-38,41,43H,4-9,11,33H2,1-3H3,(H2,32,42)/t13-,16-,21-,29-/m0/s1. The summed E-state index contributed by atoms with van der Waals surface area (Å²) in [4.78, 5) is 42.8. The van der Waals surface area contributed by atoms with Gasteiger partial charge in [-0.15, -0.1) is 0 Å². The van der Waals surface area contributed by atoms with Crippen LogP contribution in [0.15, 0.2) is 34.6 Å². The van der Waals surface area contributed by atoms with Crippen LogP contribution in [-0.2, 0) is 27.3 Å². The summed E-state index contributed by atoms with van der Waals surface area (Å²) in [6, 6.07) is 0.463. The number of carbonyl (C=O) groups excluding carboxylic acids is 3. The number of piperidine rings is 1. The first-order chi connectivity index (χ1) is 20.1. The normalized spacial score (nSPS) is 27.7. The number of likely N-dealkylation sites (N-methyl/N-ethyl adjacent to an activating group) is 1. The van der Waals surface area contributed by atoms with E-state index in [0.717, 1.165) is 0 Å². The highest BCUT2D eigenvalue weighted by Gasteiger charge is 2.64. The number of amides is 1. The van der Waals surface area contributed by atoms with Crippen molar-refractivity contribution in [3.8, 4) is 5.75 Å². The third-order valence-electron chi connectivity index (χ3n) is 9.28. The number of phenols is 1. The highest BCUT2D eigenvalue weighted by molar-refractivity contribution is 6.24. The number of carbonyl (C=O) groups is 3. The van der Waals surface area contributed by atoms with E-state index in [4.69, 9.17) is 11.6 Å². The number of ketones is 2. The lowest BCUT2D eigenvalue weighted by atomic mass is 9.57. The van der Waals surface area contributed by atoms with Gasteiger partial charge < -0.3 is 31.2 Å². The molecular weight excluding hydrogens is 568 g/mol. The smallest absolute Gasteiger partial charge is 0.269 e. The number of aromatic hydroxyl groups is 1. The van der Waals surface area contributed by atoms with E-state index < -0.39 is 64.1 Å². The van der Waals surface area contributed by atoms with E-state index in [1.807, 2.05) is 4.90 Å². The molecule has 1 aromatic carbocycles. The van der Waals surface area contributed by atoms with Crippen LogP contribution in [0.1, 0.15) is 36.0 Å². The lowest BCUT2D eigenvalue weighted by Gasteiger charge is -2.50. The van der Waals surface area contributed by atoms with Gasteiger partial charge in [-0.2, -0.15) is 8.78 Å². The monoisotopic (exact) mass is 603 g/mol. The summed E-state index contributed by atoms with van der Waals surface area (Å²) in [6.07, 6.45) is -1.30. The summed E-state index contributed by atoms with van der Waals surface area (Å²) in [6.45, 7) is 0.780. The number of hydrogen-bond acceptors (Lipinski definition) is 11. The van der Waals surface area contributed by atoms with E-state index in [1.54, 1.807) is 13.1 Å². The second-order valence-corrected chi connectivity index (χ2v) is 12.0. The molecule has 14 heteroatoms. The maximum Gasteiger partial charge on any atom is 0.269 e. The Morgan fingerprint density at radius 1 is 1.14 bits per heavy atom. The molecule has 1 saturated heterocycles. The number of aliphatic hydroxyl groups is 3. The lowest BCUT2D eigenvalue weighted by Crippen LogP contribution is -2.65. The van der Waals surface area contributed by atoms with Gasteiger partial charge in [0.05, 0.1) is 17.3 Å².